The summed E-state index contributed by atoms with van der Waals surface area (Å²) in [6, 6.07) is 20.9. The summed E-state index contributed by atoms with van der Waals surface area (Å²) in [5, 5.41) is 30.8. The van der Waals surface area contributed by atoms with Gasteiger partial charge in [0.1, 0.15) is 0 Å². The van der Waals surface area contributed by atoms with Gasteiger partial charge in [0.25, 0.3) is 0 Å². The quantitative estimate of drug-likeness (QED) is 0.0796. The monoisotopic (exact) mass is 835 g/mol. The van der Waals surface area contributed by atoms with E-state index in [1.165, 1.54) is 12.1 Å². The van der Waals surface area contributed by atoms with Crippen LogP contribution in [0.4, 0.5) is 22.7 Å². The molecule has 0 saturated heterocycles. The number of nitro benzene ring substituents is 3. The number of imidazole rings is 2. The molecule has 6 rings (SSSR count). The smallest absolute Gasteiger partial charge is 0.449 e. The van der Waals surface area contributed by atoms with Gasteiger partial charge in [-0.05, 0) is 6.07 Å². The molecule has 2 aromatic heterocycles. The van der Waals surface area contributed by atoms with E-state index in [1.807, 2.05) is 35.2 Å². The molecule has 15 nitrogen and oxygen atoms in total. The molecular weight excluding hydrogens is 815 g/mol. The fraction of sp³-hybridized carbons (Fsp3) is 0.0357. The molecule has 2 N–H and O–H groups in total. The first-order chi connectivity index (χ1) is 20.7. The van der Waals surface area contributed by atoms with Crippen molar-refractivity contribution in [2.75, 3.05) is 5.73 Å². The molecule has 1 aliphatic rings. The fourth-order valence-electron chi connectivity index (χ4n) is 3.11. The number of nitrogens with two attached hydrogens (primary N) is 1. The number of hydrogen-bond acceptors (Lipinski definition) is 10. The first kappa shape index (κ1) is 44.9. The molecule has 0 saturated carbocycles. The summed E-state index contributed by atoms with van der Waals surface area (Å²) in [4.78, 5) is 40.5. The third-order valence-electron chi connectivity index (χ3n) is 5.09. The second-order valence-electron chi connectivity index (χ2n) is 8.09. The van der Waals surface area contributed by atoms with Gasteiger partial charge in [-0.15, -0.1) is 24.3 Å². The average molecular weight is 837 g/mol. The van der Waals surface area contributed by atoms with Gasteiger partial charge in [0.15, 0.2) is 17.1 Å². The van der Waals surface area contributed by atoms with Crippen molar-refractivity contribution in [2.45, 2.75) is 6.42 Å². The number of nitrogen functional groups attached to an aromatic ring is 1. The van der Waals surface area contributed by atoms with Gasteiger partial charge >= 0.3 is 175 Å². The van der Waals surface area contributed by atoms with Crippen molar-refractivity contribution in [1.29, 1.82) is 0 Å². The number of benzene rings is 3. The summed E-state index contributed by atoms with van der Waals surface area (Å²) >= 11 is 0. The molecule has 0 bridgehead atoms. The van der Waals surface area contributed by atoms with Crippen LogP contribution < -0.4 is 180 Å². The van der Waals surface area contributed by atoms with Crippen LogP contribution in [0.1, 0.15) is 6.42 Å². The van der Waals surface area contributed by atoms with E-state index < -0.39 is 14.8 Å². The normalized spacial score (nSPS) is 10.0. The van der Waals surface area contributed by atoms with Crippen LogP contribution in [-0.2, 0) is 0 Å². The molecule has 3 aromatic carbocycles. The Morgan fingerprint density at radius 2 is 1.13 bits per heavy atom. The van der Waals surface area contributed by atoms with E-state index in [2.05, 4.69) is 33.2 Å². The minimum absolute atomic E-state index is 0. The predicted molar refractivity (Wildman–Crippen MR) is 157 cm³/mol. The van der Waals surface area contributed by atoms with Gasteiger partial charge in [0, 0.05) is 58.4 Å². The zero-order valence-electron chi connectivity index (χ0n) is 25.2. The molecule has 0 radical (unpaired) electrons. The van der Waals surface area contributed by atoms with Crippen LogP contribution in [0.15, 0.2) is 109 Å². The van der Waals surface area contributed by atoms with E-state index in [9.17, 15) is 30.3 Å². The number of nitro groups is 3. The van der Waals surface area contributed by atoms with Crippen molar-refractivity contribution in [1.82, 2.24) is 19.1 Å². The summed E-state index contributed by atoms with van der Waals surface area (Å²) in [5.74, 6) is 0. The van der Waals surface area contributed by atoms with Crippen LogP contribution in [0.5, 0.6) is 0 Å². The molecule has 0 unspecified atom stereocenters. The minimum atomic E-state index is -0.705. The first-order valence-electron chi connectivity index (χ1n) is 12.1. The van der Waals surface area contributed by atoms with Crippen LogP contribution in [0.3, 0.4) is 0 Å². The van der Waals surface area contributed by atoms with Gasteiger partial charge in [-0.1, -0.05) is 29.2 Å². The molecule has 18 heteroatoms. The molecule has 0 spiro atoms. The van der Waals surface area contributed by atoms with Gasteiger partial charge in [0.05, 0.1) is 12.7 Å². The summed E-state index contributed by atoms with van der Waals surface area (Å²) in [6.45, 7) is 0. The molecule has 5 aromatic rings. The largest absolute Gasteiger partial charge is 1.00 e. The third-order valence-corrected chi connectivity index (χ3v) is 5.09. The molecule has 46 heavy (non-hydrogen) atoms. The minimum Gasteiger partial charge on any atom is -0.449 e. The van der Waals surface area contributed by atoms with Gasteiger partial charge in [0.2, 0.25) is 0 Å². The third kappa shape index (κ3) is 16.3. The van der Waals surface area contributed by atoms with Gasteiger partial charge < -0.3 is 14.9 Å². The van der Waals surface area contributed by atoms with Crippen molar-refractivity contribution < 1.29 is 189 Å². The Kier molecular flexibility index (Phi) is 24.4. The van der Waals surface area contributed by atoms with Gasteiger partial charge in [-0.25, -0.2) is 9.97 Å². The number of anilines is 1. The van der Waals surface area contributed by atoms with E-state index in [0.29, 0.717) is 11.4 Å². The number of aliphatic imine (C=N–C) groups is 1. The predicted octanol–water partition coefficient (Wildman–Crippen LogP) is -3.87. The van der Waals surface area contributed by atoms with E-state index in [1.54, 1.807) is 54.1 Å². The molecule has 0 amide bonds. The Balaban J connectivity index is 0.000000597. The van der Waals surface area contributed by atoms with Crippen molar-refractivity contribution in [3.63, 3.8) is 0 Å². The number of non-ortho nitro benzene ring substituents is 3. The van der Waals surface area contributed by atoms with Crippen molar-refractivity contribution in [3.05, 3.63) is 153 Å². The van der Waals surface area contributed by atoms with Crippen LogP contribution in [0, 0.1) is 48.5 Å². The first-order valence-corrected chi connectivity index (χ1v) is 12.1. The van der Waals surface area contributed by atoms with Crippen molar-refractivity contribution >= 4 is 29.0 Å². The fourth-order valence-corrected chi connectivity index (χ4v) is 3.11. The standard InChI is InChI=1S/C9H6N3O2.C9H8N3.C6H3N2O4.C4H5N.3Rb/c13-12(14)9-3-1-2-8(6-9)11-5-4-10-7-11;10-8-2-1-3-9(6-8)12-5-4-11-7-12;9-7(10)5-2-1-3-6(4-5)8(11)12;1-2-4-5-3-1;;;/h2-7H;2-7H,10H2;2-4H;1,3-4H,2H2;;;/q3*-1;;3*+1. The second kappa shape index (κ2) is 25.0. The maximum atomic E-state index is 10.5. The zero-order chi connectivity index (χ0) is 31.0. The zero-order valence-corrected chi connectivity index (χ0v) is 40.0. The number of rotatable bonds is 5. The molecule has 0 fully saturated rings. The Morgan fingerprint density at radius 3 is 1.50 bits per heavy atom. The summed E-state index contributed by atoms with van der Waals surface area (Å²) in [5.41, 5.74) is 7.33. The number of aromatic nitrogens is 4. The van der Waals surface area contributed by atoms with E-state index >= 15 is 0 Å². The number of nitrogens with zero attached hydrogens (tertiary/aromatic N) is 8. The molecule has 1 aliphatic heterocycles. The Morgan fingerprint density at radius 1 is 0.674 bits per heavy atom. The van der Waals surface area contributed by atoms with E-state index in [-0.39, 0.29) is 192 Å². The SMILES string of the molecule is C1=CN=CC1.Nc1c[c-]cc(-n2ccnc2)c1.O=[N+]([O-])c1c[c-]cc(-n2ccnc2)c1.O=[N+]([O-])c1c[c-]cc([N+](=O)[O-])c1.[Rb+].[Rb+].[Rb+]. The van der Waals surface area contributed by atoms with Crippen LogP contribution >= 0.6 is 0 Å². The van der Waals surface area contributed by atoms with E-state index in [4.69, 9.17) is 5.73 Å². The van der Waals surface area contributed by atoms with Crippen molar-refractivity contribution in [2.24, 2.45) is 4.99 Å². The maximum Gasteiger partial charge on any atom is 1.00 e. The molecule has 3 heterocycles. The van der Waals surface area contributed by atoms with Crippen LogP contribution in [0.25, 0.3) is 11.4 Å². The number of allylic oxidation sites excluding steroid dienone is 1. The van der Waals surface area contributed by atoms with Gasteiger partial charge in [-0.3, -0.25) is 35.3 Å². The Labute approximate surface area is 410 Å². The summed E-state index contributed by atoms with van der Waals surface area (Å²) < 4.78 is 3.57. The Bertz CT molecular complexity index is 1680. The average Bonchev–Trinajstić information content (AvgIpc) is 3.84. The molecule has 0 atom stereocenters. The topological polar surface area (TPSA) is 203 Å². The molecular formula is C28H22N9O6Rb3. The molecule has 0 aliphatic carbocycles. The van der Waals surface area contributed by atoms with Crippen LogP contribution in [-0.4, -0.2) is 40.1 Å². The van der Waals surface area contributed by atoms with Crippen molar-refractivity contribution in [3.8, 4) is 11.4 Å². The van der Waals surface area contributed by atoms with Gasteiger partial charge in [-0.2, -0.15) is 36.4 Å². The van der Waals surface area contributed by atoms with E-state index in [0.717, 1.165) is 30.3 Å². The summed E-state index contributed by atoms with van der Waals surface area (Å²) in [7, 11) is 0. The summed E-state index contributed by atoms with van der Waals surface area (Å²) in [6.07, 6.45) is 16.9. The second-order valence-corrected chi connectivity index (χ2v) is 8.09. The maximum absolute atomic E-state index is 10.5. The number of hydrogen-bond donors (Lipinski definition) is 1. The Hall–Kier alpha value is -1.09. The molecule has 218 valence electrons. The van der Waals surface area contributed by atoms with Crippen LogP contribution in [0.2, 0.25) is 0 Å².